The molecule has 0 bridgehead atoms. The molecule has 1 aliphatic heterocycles. The van der Waals surface area contributed by atoms with Crippen LogP contribution in [0.5, 0.6) is 0 Å². The van der Waals surface area contributed by atoms with Crippen molar-refractivity contribution < 1.29 is 9.21 Å². The third-order valence-corrected chi connectivity index (χ3v) is 5.73. The Morgan fingerprint density at radius 1 is 1.32 bits per heavy atom. The van der Waals surface area contributed by atoms with Crippen LogP contribution in [0.3, 0.4) is 0 Å². The molecule has 1 aromatic carbocycles. The fraction of sp³-hybridized carbons (Fsp3) is 0.391. The number of carbonyl (C=O) groups is 1. The van der Waals surface area contributed by atoms with Gasteiger partial charge in [0.2, 0.25) is 5.91 Å². The van der Waals surface area contributed by atoms with Gasteiger partial charge < -0.3 is 14.3 Å². The van der Waals surface area contributed by atoms with Crippen molar-refractivity contribution in [2.24, 2.45) is 0 Å². The third-order valence-electron chi connectivity index (χ3n) is 5.73. The summed E-state index contributed by atoms with van der Waals surface area (Å²) in [7, 11) is 0. The van der Waals surface area contributed by atoms with Crippen molar-refractivity contribution in [3.05, 3.63) is 77.3 Å². The van der Waals surface area contributed by atoms with Gasteiger partial charge in [0, 0.05) is 36.7 Å². The molecule has 3 heterocycles. The number of aromatic nitrogens is 2. The lowest BCUT2D eigenvalue weighted by Gasteiger charge is -2.26. The lowest BCUT2D eigenvalue weighted by Crippen LogP contribution is -2.26. The second-order valence-electron chi connectivity index (χ2n) is 7.71. The molecule has 0 radical (unpaired) electrons. The molecule has 4 rings (SSSR count). The van der Waals surface area contributed by atoms with Crippen LogP contribution in [0.1, 0.15) is 66.4 Å². The molecular weight excluding hydrogens is 350 g/mol. The van der Waals surface area contributed by atoms with Crippen molar-refractivity contribution >= 4 is 5.91 Å². The predicted molar refractivity (Wildman–Crippen MR) is 108 cm³/mol. The van der Waals surface area contributed by atoms with Gasteiger partial charge in [0.1, 0.15) is 11.6 Å². The molecule has 0 aliphatic carbocycles. The molecule has 1 N–H and O–H groups in total. The molecule has 0 saturated carbocycles. The van der Waals surface area contributed by atoms with E-state index in [0.717, 1.165) is 30.2 Å². The van der Waals surface area contributed by atoms with Crippen LogP contribution in [0, 0.1) is 6.92 Å². The molecule has 2 aromatic heterocycles. The van der Waals surface area contributed by atoms with Gasteiger partial charge in [-0.1, -0.05) is 31.2 Å². The number of nitrogens with zero attached hydrogens (tertiary/aromatic N) is 2. The summed E-state index contributed by atoms with van der Waals surface area (Å²) in [6, 6.07) is 12.0. The number of carbonyl (C=O) groups excluding carboxylic acids is 1. The average molecular weight is 377 g/mol. The first kappa shape index (κ1) is 18.5. The first-order valence-corrected chi connectivity index (χ1v) is 10.0. The van der Waals surface area contributed by atoms with Gasteiger partial charge in [0.15, 0.2) is 0 Å². The van der Waals surface area contributed by atoms with Gasteiger partial charge in [-0.3, -0.25) is 4.79 Å². The quantitative estimate of drug-likeness (QED) is 0.687. The van der Waals surface area contributed by atoms with Crippen LogP contribution in [0.4, 0.5) is 0 Å². The SMILES string of the molecule is Cc1ccccc1[C@@H](CC(=O)NCc1ccco1)c1cnc2n1CCC[C@@H]2C. The van der Waals surface area contributed by atoms with Crippen molar-refractivity contribution in [3.63, 3.8) is 0 Å². The number of furan rings is 1. The molecule has 1 aliphatic rings. The lowest BCUT2D eigenvalue weighted by molar-refractivity contribution is -0.121. The van der Waals surface area contributed by atoms with Crippen LogP contribution in [-0.4, -0.2) is 15.5 Å². The van der Waals surface area contributed by atoms with E-state index in [1.54, 1.807) is 6.26 Å². The Bertz CT molecular complexity index is 943. The maximum absolute atomic E-state index is 12.8. The molecule has 1 amide bonds. The maximum atomic E-state index is 12.8. The molecular formula is C23H27N3O2. The van der Waals surface area contributed by atoms with E-state index in [0.29, 0.717) is 18.9 Å². The fourth-order valence-corrected chi connectivity index (χ4v) is 4.21. The molecule has 0 unspecified atom stereocenters. The summed E-state index contributed by atoms with van der Waals surface area (Å²) in [5.74, 6) is 2.38. The number of rotatable bonds is 6. The van der Waals surface area contributed by atoms with E-state index < -0.39 is 0 Å². The molecule has 5 heteroatoms. The van der Waals surface area contributed by atoms with Crippen molar-refractivity contribution in [2.45, 2.75) is 58.0 Å². The van der Waals surface area contributed by atoms with E-state index in [1.807, 2.05) is 30.5 Å². The van der Waals surface area contributed by atoms with Gasteiger partial charge in [-0.05, 0) is 43.0 Å². The zero-order valence-corrected chi connectivity index (χ0v) is 16.5. The Kier molecular flexibility index (Phi) is 5.33. The Hall–Kier alpha value is -2.82. The molecule has 0 spiro atoms. The summed E-state index contributed by atoms with van der Waals surface area (Å²) in [6.07, 6.45) is 6.33. The van der Waals surface area contributed by atoms with Gasteiger partial charge in [-0.2, -0.15) is 0 Å². The predicted octanol–water partition coefficient (Wildman–Crippen LogP) is 4.52. The fourth-order valence-electron chi connectivity index (χ4n) is 4.21. The Morgan fingerprint density at radius 2 is 2.18 bits per heavy atom. The van der Waals surface area contributed by atoms with Crippen molar-refractivity contribution in [1.82, 2.24) is 14.9 Å². The first-order chi connectivity index (χ1) is 13.6. The van der Waals surface area contributed by atoms with E-state index in [2.05, 4.69) is 35.9 Å². The molecule has 3 aromatic rings. The van der Waals surface area contributed by atoms with E-state index >= 15 is 0 Å². The number of fused-ring (bicyclic) bond motifs is 1. The van der Waals surface area contributed by atoms with Crippen LogP contribution < -0.4 is 5.32 Å². The maximum Gasteiger partial charge on any atom is 0.221 e. The Balaban J connectivity index is 1.62. The zero-order valence-electron chi connectivity index (χ0n) is 16.5. The van der Waals surface area contributed by atoms with Crippen LogP contribution in [-0.2, 0) is 17.9 Å². The van der Waals surface area contributed by atoms with Gasteiger partial charge in [-0.25, -0.2) is 4.98 Å². The molecule has 28 heavy (non-hydrogen) atoms. The van der Waals surface area contributed by atoms with Crippen molar-refractivity contribution in [1.29, 1.82) is 0 Å². The van der Waals surface area contributed by atoms with Crippen molar-refractivity contribution in [2.75, 3.05) is 0 Å². The highest BCUT2D eigenvalue weighted by molar-refractivity contribution is 5.77. The van der Waals surface area contributed by atoms with E-state index in [9.17, 15) is 4.79 Å². The second-order valence-corrected chi connectivity index (χ2v) is 7.71. The van der Waals surface area contributed by atoms with E-state index in [4.69, 9.17) is 9.40 Å². The number of nitrogens with one attached hydrogen (secondary N) is 1. The Labute approximate surface area is 165 Å². The van der Waals surface area contributed by atoms with E-state index in [1.165, 1.54) is 17.5 Å². The van der Waals surface area contributed by atoms with Gasteiger partial charge in [-0.15, -0.1) is 0 Å². The molecule has 146 valence electrons. The van der Waals surface area contributed by atoms with Crippen molar-refractivity contribution in [3.8, 4) is 0 Å². The topological polar surface area (TPSA) is 60.1 Å². The summed E-state index contributed by atoms with van der Waals surface area (Å²) in [6.45, 7) is 5.74. The minimum Gasteiger partial charge on any atom is -0.467 e. The molecule has 0 fully saturated rings. The van der Waals surface area contributed by atoms with Crippen LogP contribution in [0.2, 0.25) is 0 Å². The Morgan fingerprint density at radius 3 is 2.96 bits per heavy atom. The largest absolute Gasteiger partial charge is 0.467 e. The molecule has 0 saturated heterocycles. The normalized spacial score (nSPS) is 17.1. The van der Waals surface area contributed by atoms with Crippen LogP contribution in [0.25, 0.3) is 0 Å². The highest BCUT2D eigenvalue weighted by Crippen LogP contribution is 2.35. The summed E-state index contributed by atoms with van der Waals surface area (Å²) >= 11 is 0. The summed E-state index contributed by atoms with van der Waals surface area (Å²) in [5, 5.41) is 2.99. The monoisotopic (exact) mass is 377 g/mol. The lowest BCUT2D eigenvalue weighted by atomic mass is 9.88. The number of amides is 1. The summed E-state index contributed by atoms with van der Waals surface area (Å²) in [4.78, 5) is 17.5. The third kappa shape index (κ3) is 3.75. The van der Waals surface area contributed by atoms with Gasteiger partial charge in [0.25, 0.3) is 0 Å². The standard InChI is InChI=1S/C23H27N3O2/c1-16-7-3-4-10-19(16)20(13-22(27)24-14-18-9-6-12-28-18)21-15-25-23-17(2)8-5-11-26(21)23/h3-4,6-7,9-10,12,15,17,20H,5,8,11,13-14H2,1-2H3,(H,24,27)/t17-,20+/m0/s1. The smallest absolute Gasteiger partial charge is 0.221 e. The van der Waals surface area contributed by atoms with Gasteiger partial charge in [0.05, 0.1) is 12.8 Å². The first-order valence-electron chi connectivity index (χ1n) is 10.0. The summed E-state index contributed by atoms with van der Waals surface area (Å²) in [5.41, 5.74) is 3.53. The molecule has 5 nitrogen and oxygen atoms in total. The number of hydrogen-bond donors (Lipinski definition) is 1. The van der Waals surface area contributed by atoms with Crippen LogP contribution in [0.15, 0.2) is 53.3 Å². The average Bonchev–Trinajstić information content (AvgIpc) is 3.36. The van der Waals surface area contributed by atoms with E-state index in [-0.39, 0.29) is 11.8 Å². The number of imidazole rings is 1. The summed E-state index contributed by atoms with van der Waals surface area (Å²) < 4.78 is 7.66. The number of aryl methyl sites for hydroxylation is 1. The second kappa shape index (κ2) is 8.05. The van der Waals surface area contributed by atoms with Gasteiger partial charge >= 0.3 is 0 Å². The number of hydrogen-bond acceptors (Lipinski definition) is 3. The minimum absolute atomic E-state index is 0.00986. The highest BCUT2D eigenvalue weighted by Gasteiger charge is 2.28. The minimum atomic E-state index is -0.00986. The number of benzene rings is 1. The highest BCUT2D eigenvalue weighted by atomic mass is 16.3. The molecule has 2 atom stereocenters. The zero-order chi connectivity index (χ0) is 19.5. The van der Waals surface area contributed by atoms with Crippen LogP contribution >= 0.6 is 0 Å².